The van der Waals surface area contributed by atoms with Crippen molar-refractivity contribution in [2.45, 2.75) is 141 Å². The van der Waals surface area contributed by atoms with Crippen LogP contribution in [-0.4, -0.2) is 189 Å². The zero-order chi connectivity index (χ0) is 69.3. The van der Waals surface area contributed by atoms with Crippen molar-refractivity contribution >= 4 is 106 Å². The summed E-state index contributed by atoms with van der Waals surface area (Å²) in [7, 11) is 1.48. The van der Waals surface area contributed by atoms with Gasteiger partial charge in [-0.25, -0.2) is 4.79 Å². The molecule has 1 aliphatic rings. The average Bonchev–Trinajstić information content (AvgIpc) is 1.16. The van der Waals surface area contributed by atoms with E-state index in [-0.39, 0.29) is 106 Å². The molecule has 1 aromatic heterocycles. The number of benzene rings is 1. The number of amides is 13. The zero-order valence-electron chi connectivity index (χ0n) is 53.2. The number of nitrogens with zero attached hydrogens (tertiary/aromatic N) is 2. The van der Waals surface area contributed by atoms with Crippen molar-refractivity contribution in [3.05, 3.63) is 52.5 Å². The lowest BCUT2D eigenvalue weighted by molar-refractivity contribution is -0.140. The maximum Gasteiger partial charge on any atom is 0.349 e. The standard InChI is InChI=1S/C59H91N17O16S/c1-32(2)25-40(54(86)70-29-47(80)75-49(33(3)4)57(89)73-39(14-9-23-67-59(62)63)53(85)69-28-46(79)72-41(31-93)55(87)71-34(5)50(61)82)74-56(88)42-15-12-24-76(42)48(81)30-68-45(78)17-11-22-66-52(84)38(60)13-7-8-20-64-44(77)16-10-21-65-51(83)37-26-35-18-19-36(91-6)27-43(35)92-58(37)90/h18-19,26-27,32-33,38-42,49,93H,5,7-17,20-25,28-31,60H2,1-4,6H3,(H2,61,82)(H,64,77)(H,65,83)(H,66,84)(H,68,78)(H,69,85)(H,70,86)(H,71,87)(H,72,79)(H,73,89)(H,74,88)(H,75,80)(H4,62,63,67)/t38-,39-,40-,41-,42-,49-/m0/s1. The maximum atomic E-state index is 13.7. The molecular formula is C59H91N17O16S. The highest BCUT2D eigenvalue weighted by Gasteiger charge is 2.37. The first-order chi connectivity index (χ1) is 44.0. The number of nitrogens with one attached hydrogen (secondary N) is 11. The molecular weight excluding hydrogens is 1230 g/mol. The molecule has 34 heteroatoms. The van der Waals surface area contributed by atoms with E-state index < -0.39 is 144 Å². The van der Waals surface area contributed by atoms with E-state index in [4.69, 9.17) is 32.1 Å². The minimum atomic E-state index is -1.29. The van der Waals surface area contributed by atoms with Crippen LogP contribution in [0.2, 0.25) is 0 Å². The van der Waals surface area contributed by atoms with Crippen LogP contribution in [0.4, 0.5) is 0 Å². The molecule has 6 atom stereocenters. The first-order valence-corrected chi connectivity index (χ1v) is 31.2. The normalized spacial score (nSPS) is 14.2. The maximum absolute atomic E-state index is 13.7. The third-order valence-electron chi connectivity index (χ3n) is 14.3. The largest absolute Gasteiger partial charge is 0.497 e. The second-order valence-corrected chi connectivity index (χ2v) is 23.0. The highest BCUT2D eigenvalue weighted by molar-refractivity contribution is 7.80. The number of aliphatic imine (C=N–C) groups is 1. The summed E-state index contributed by atoms with van der Waals surface area (Å²) in [5.41, 5.74) is 20.9. The van der Waals surface area contributed by atoms with Gasteiger partial charge in [-0.05, 0) is 94.2 Å². The lowest BCUT2D eigenvalue weighted by Gasteiger charge is -2.27. The van der Waals surface area contributed by atoms with Crippen LogP contribution in [0, 0.1) is 11.8 Å². The highest BCUT2D eigenvalue weighted by Crippen LogP contribution is 2.21. The molecule has 1 aliphatic heterocycles. The predicted molar refractivity (Wildman–Crippen MR) is 344 cm³/mol. The number of hydrogen-bond donors (Lipinski definition) is 16. The monoisotopic (exact) mass is 1330 g/mol. The molecule has 0 aliphatic carbocycles. The van der Waals surface area contributed by atoms with Crippen molar-refractivity contribution in [2.75, 3.05) is 65.2 Å². The van der Waals surface area contributed by atoms with Crippen LogP contribution in [0.5, 0.6) is 5.75 Å². The van der Waals surface area contributed by atoms with Crippen LogP contribution in [-0.2, 0) is 57.5 Å². The number of rotatable bonds is 41. The van der Waals surface area contributed by atoms with Crippen LogP contribution < -0.4 is 91.8 Å². The summed E-state index contributed by atoms with van der Waals surface area (Å²) in [6.45, 7) is 9.33. The van der Waals surface area contributed by atoms with E-state index in [9.17, 15) is 67.1 Å². The van der Waals surface area contributed by atoms with Gasteiger partial charge in [0.15, 0.2) is 5.96 Å². The summed E-state index contributed by atoms with van der Waals surface area (Å²) >= 11 is 4.04. The number of guanidine groups is 1. The van der Waals surface area contributed by atoms with E-state index in [1.54, 1.807) is 32.0 Å². The topological polar surface area (TPSA) is 513 Å². The fraction of sp³-hybridized carbons (Fsp3) is 0.576. The molecule has 3 rings (SSSR count). The van der Waals surface area contributed by atoms with Gasteiger partial charge >= 0.3 is 5.63 Å². The van der Waals surface area contributed by atoms with E-state index >= 15 is 0 Å². The number of unbranched alkanes of at least 4 members (excludes halogenated alkanes) is 1. The number of thiol groups is 1. The van der Waals surface area contributed by atoms with Crippen molar-refractivity contribution in [1.82, 2.24) is 63.4 Å². The summed E-state index contributed by atoms with van der Waals surface area (Å²) in [6, 6.07) is -0.461. The number of carbonyl (C=O) groups excluding carboxylic acids is 13. The van der Waals surface area contributed by atoms with E-state index in [1.165, 1.54) is 18.1 Å². The molecule has 19 N–H and O–H groups in total. The molecule has 13 amide bonds. The van der Waals surface area contributed by atoms with Crippen molar-refractivity contribution in [2.24, 2.45) is 39.8 Å². The Labute approximate surface area is 543 Å². The number of likely N-dealkylation sites (tertiary alicyclic amines) is 1. The van der Waals surface area contributed by atoms with Crippen LogP contribution in [0.3, 0.4) is 0 Å². The van der Waals surface area contributed by atoms with Gasteiger partial charge in [0.2, 0.25) is 65.0 Å². The van der Waals surface area contributed by atoms with Crippen molar-refractivity contribution in [3.8, 4) is 5.75 Å². The number of hydrogen-bond acceptors (Lipinski definition) is 19. The Bertz CT molecular complexity index is 3080. The number of primary amides is 1. The third kappa shape index (κ3) is 28.4. The number of ether oxygens (including phenoxy) is 1. The third-order valence-corrected chi connectivity index (χ3v) is 14.6. The van der Waals surface area contributed by atoms with E-state index in [2.05, 4.69) is 82.7 Å². The van der Waals surface area contributed by atoms with Crippen molar-refractivity contribution < 1.29 is 71.5 Å². The molecule has 0 spiro atoms. The van der Waals surface area contributed by atoms with E-state index in [0.29, 0.717) is 49.8 Å². The average molecular weight is 1330 g/mol. The molecule has 33 nitrogen and oxygen atoms in total. The van der Waals surface area contributed by atoms with Crippen LogP contribution in [0.25, 0.3) is 11.0 Å². The van der Waals surface area contributed by atoms with Crippen LogP contribution in [0.1, 0.15) is 115 Å². The van der Waals surface area contributed by atoms with Gasteiger partial charge in [-0.15, -0.1) is 0 Å². The quantitative estimate of drug-likeness (QED) is 0.00751. The Balaban J connectivity index is 1.39. The molecule has 0 radical (unpaired) electrons. The molecule has 0 saturated carbocycles. The Morgan fingerprint density at radius 2 is 1.32 bits per heavy atom. The molecule has 0 bridgehead atoms. The molecule has 93 heavy (non-hydrogen) atoms. The van der Waals surface area contributed by atoms with Crippen molar-refractivity contribution in [3.63, 3.8) is 0 Å². The SMILES string of the molecule is C=C(NC(=O)[C@H](CS)NC(=O)CNC(=O)[C@H](CCCN=C(N)N)NC(=O)[C@@H](NC(=O)CNC(=O)[C@H](CC(C)C)NC(=O)[C@@H]1CCCN1C(=O)CNC(=O)CCCNC(=O)[C@@H](N)CCCCNC(=O)CCCNC(=O)c1cc2ccc(OC)cc2oc1=O)C(C)C)C(N)=O. The van der Waals surface area contributed by atoms with Gasteiger partial charge in [-0.1, -0.05) is 34.3 Å². The fourth-order valence-corrected chi connectivity index (χ4v) is 9.49. The summed E-state index contributed by atoms with van der Waals surface area (Å²) < 4.78 is 10.4. The van der Waals surface area contributed by atoms with Gasteiger partial charge in [-0.2, -0.15) is 12.6 Å². The van der Waals surface area contributed by atoms with Crippen LogP contribution >= 0.6 is 12.6 Å². The summed E-state index contributed by atoms with van der Waals surface area (Å²) in [6.07, 6.45) is 3.04. The first kappa shape index (κ1) is 77.9. The van der Waals surface area contributed by atoms with Gasteiger partial charge in [0.05, 0.1) is 38.5 Å². The molecule has 1 fully saturated rings. The first-order valence-electron chi connectivity index (χ1n) is 30.5. The Morgan fingerprint density at radius 3 is 1.95 bits per heavy atom. The summed E-state index contributed by atoms with van der Waals surface area (Å²) in [5, 5.41) is 28.4. The summed E-state index contributed by atoms with van der Waals surface area (Å²) in [5.74, 6) is -9.41. The highest BCUT2D eigenvalue weighted by atomic mass is 32.1. The predicted octanol–water partition coefficient (Wildman–Crippen LogP) is -4.10. The Hall–Kier alpha value is -9.34. The van der Waals surface area contributed by atoms with Gasteiger partial charge in [0, 0.05) is 62.8 Å². The second-order valence-electron chi connectivity index (χ2n) is 22.6. The van der Waals surface area contributed by atoms with Gasteiger partial charge in [0.1, 0.15) is 47.1 Å². The zero-order valence-corrected chi connectivity index (χ0v) is 54.1. The molecule has 1 saturated heterocycles. The Kier molecular flexibility index (Phi) is 33.9. The van der Waals surface area contributed by atoms with E-state index in [0.717, 1.165) is 0 Å². The number of nitrogens with two attached hydrogens (primary N) is 4. The minimum Gasteiger partial charge on any atom is -0.497 e. The lowest BCUT2D eigenvalue weighted by Crippen LogP contribution is -2.58. The smallest absolute Gasteiger partial charge is 0.349 e. The van der Waals surface area contributed by atoms with Gasteiger partial charge in [-0.3, -0.25) is 67.3 Å². The number of methoxy groups -OCH3 is 1. The molecule has 2 aromatic rings. The molecule has 1 aromatic carbocycles. The Morgan fingerprint density at radius 1 is 0.688 bits per heavy atom. The molecule has 0 unspecified atom stereocenters. The van der Waals surface area contributed by atoms with E-state index in [1.807, 2.05) is 13.8 Å². The minimum absolute atomic E-state index is 0.0397. The van der Waals surface area contributed by atoms with Crippen molar-refractivity contribution in [1.29, 1.82) is 0 Å². The lowest BCUT2D eigenvalue weighted by atomic mass is 10.0. The summed E-state index contributed by atoms with van der Waals surface area (Å²) in [4.78, 5) is 186. The molecule has 514 valence electrons. The number of carbonyl (C=O) groups is 13. The second kappa shape index (κ2) is 40.5. The van der Waals surface area contributed by atoms with Gasteiger partial charge in [0.25, 0.3) is 11.8 Å². The van der Waals surface area contributed by atoms with Crippen LogP contribution in [0.15, 0.2) is 50.7 Å². The molecule has 2 heterocycles. The van der Waals surface area contributed by atoms with Gasteiger partial charge < -0.3 is 95.5 Å². The number of fused-ring (bicyclic) bond motifs is 1. The fourth-order valence-electron chi connectivity index (χ4n) is 9.24.